The number of sulfonamides is 1. The minimum Gasteiger partial charge on any atom is -0.310 e. The van der Waals surface area contributed by atoms with E-state index in [9.17, 15) is 8.42 Å². The van der Waals surface area contributed by atoms with E-state index < -0.39 is 10.0 Å². The van der Waals surface area contributed by atoms with Gasteiger partial charge in [0, 0.05) is 22.3 Å². The van der Waals surface area contributed by atoms with Crippen molar-refractivity contribution in [2.24, 2.45) is 5.14 Å². The van der Waals surface area contributed by atoms with Gasteiger partial charge in [0.2, 0.25) is 10.0 Å². The fraction of sp³-hybridized carbons (Fsp3) is 0.692. The summed E-state index contributed by atoms with van der Waals surface area (Å²) in [5, 5.41) is 8.83. The number of piperidine rings is 1. The van der Waals surface area contributed by atoms with Crippen molar-refractivity contribution in [1.82, 2.24) is 10.2 Å². The molecule has 0 saturated carbocycles. The topological polar surface area (TPSA) is 75.4 Å². The maximum atomic E-state index is 11.7. The van der Waals surface area contributed by atoms with Crippen molar-refractivity contribution in [3.8, 4) is 0 Å². The Morgan fingerprint density at radius 3 is 2.45 bits per heavy atom. The summed E-state index contributed by atoms with van der Waals surface area (Å²) in [5.74, 6) is 0. The number of thiophene rings is 1. The van der Waals surface area contributed by atoms with Crippen molar-refractivity contribution in [2.75, 3.05) is 20.1 Å². The summed E-state index contributed by atoms with van der Waals surface area (Å²) in [6.45, 7) is 6.52. The lowest BCUT2D eigenvalue weighted by molar-refractivity contribution is 0.234. The number of aryl methyl sites for hydroxylation is 2. The van der Waals surface area contributed by atoms with E-state index >= 15 is 0 Å². The highest BCUT2D eigenvalue weighted by Gasteiger charge is 2.23. The normalized spacial score (nSPS) is 18.6. The van der Waals surface area contributed by atoms with E-state index in [0.717, 1.165) is 41.2 Å². The SMILES string of the molecule is Cc1sc(C)c(S(N)(=O)=O)c1CNC1CCN(C)CC1. The molecule has 1 aliphatic heterocycles. The van der Waals surface area contributed by atoms with Crippen molar-refractivity contribution in [3.05, 3.63) is 15.3 Å². The molecule has 0 atom stereocenters. The van der Waals surface area contributed by atoms with Gasteiger partial charge in [-0.15, -0.1) is 11.3 Å². The lowest BCUT2D eigenvalue weighted by atomic mass is 10.1. The van der Waals surface area contributed by atoms with Gasteiger partial charge >= 0.3 is 0 Å². The zero-order valence-corrected chi connectivity index (χ0v) is 13.9. The lowest BCUT2D eigenvalue weighted by Gasteiger charge is -2.29. The van der Waals surface area contributed by atoms with Crippen LogP contribution in [0, 0.1) is 13.8 Å². The van der Waals surface area contributed by atoms with Crippen LogP contribution in [-0.2, 0) is 16.6 Å². The highest BCUT2D eigenvalue weighted by atomic mass is 32.2. The molecular formula is C13H23N3O2S2. The second-order valence-electron chi connectivity index (χ2n) is 5.53. The Labute approximate surface area is 125 Å². The van der Waals surface area contributed by atoms with Crippen molar-refractivity contribution < 1.29 is 8.42 Å². The van der Waals surface area contributed by atoms with Gasteiger partial charge in [-0.3, -0.25) is 0 Å². The molecule has 3 N–H and O–H groups in total. The number of nitrogens with two attached hydrogens (primary N) is 1. The average molecular weight is 317 g/mol. The largest absolute Gasteiger partial charge is 0.310 e. The Kier molecular flexibility index (Phi) is 4.86. The van der Waals surface area contributed by atoms with E-state index in [0.29, 0.717) is 17.5 Å². The molecule has 0 bridgehead atoms. The van der Waals surface area contributed by atoms with Gasteiger partial charge in [-0.1, -0.05) is 0 Å². The smallest absolute Gasteiger partial charge is 0.239 e. The highest BCUT2D eigenvalue weighted by Crippen LogP contribution is 2.30. The van der Waals surface area contributed by atoms with Crippen LogP contribution in [0.25, 0.3) is 0 Å². The van der Waals surface area contributed by atoms with Gasteiger partial charge in [0.05, 0.1) is 0 Å². The number of nitrogens with zero attached hydrogens (tertiary/aromatic N) is 1. The third kappa shape index (κ3) is 3.59. The maximum Gasteiger partial charge on any atom is 0.239 e. The molecule has 1 fully saturated rings. The maximum absolute atomic E-state index is 11.7. The second kappa shape index (κ2) is 6.11. The van der Waals surface area contributed by atoms with Crippen LogP contribution in [0.2, 0.25) is 0 Å². The molecular weight excluding hydrogens is 294 g/mol. The third-order valence-corrected chi connectivity index (χ3v) is 6.21. The van der Waals surface area contributed by atoms with Crippen LogP contribution < -0.4 is 10.5 Å². The molecule has 1 aliphatic rings. The summed E-state index contributed by atoms with van der Waals surface area (Å²) < 4.78 is 23.5. The standard InChI is InChI=1S/C13H23N3O2S2/c1-9-12(13(10(2)19-9)20(14,17)18)8-15-11-4-6-16(3)7-5-11/h11,15H,4-8H2,1-3H3,(H2,14,17,18). The average Bonchev–Trinajstić information content (AvgIpc) is 2.63. The first kappa shape index (κ1) is 15.9. The molecule has 0 aromatic carbocycles. The zero-order valence-electron chi connectivity index (χ0n) is 12.3. The number of hydrogen-bond donors (Lipinski definition) is 2. The van der Waals surface area contributed by atoms with Crippen molar-refractivity contribution >= 4 is 21.4 Å². The van der Waals surface area contributed by atoms with Crippen LogP contribution in [0.1, 0.15) is 28.2 Å². The fourth-order valence-electron chi connectivity index (χ4n) is 2.75. The van der Waals surface area contributed by atoms with Crippen LogP contribution in [-0.4, -0.2) is 39.5 Å². The van der Waals surface area contributed by atoms with Gasteiger partial charge in [0.15, 0.2) is 0 Å². The summed E-state index contributed by atoms with van der Waals surface area (Å²) in [4.78, 5) is 4.45. The fourth-order valence-corrected chi connectivity index (χ4v) is 5.23. The van der Waals surface area contributed by atoms with E-state index in [1.165, 1.54) is 11.3 Å². The monoisotopic (exact) mass is 317 g/mol. The molecule has 20 heavy (non-hydrogen) atoms. The molecule has 2 heterocycles. The molecule has 0 aliphatic carbocycles. The molecule has 0 unspecified atom stereocenters. The molecule has 1 saturated heterocycles. The predicted octanol–water partition coefficient (Wildman–Crippen LogP) is 1.20. The number of likely N-dealkylation sites (tertiary alicyclic amines) is 1. The Balaban J connectivity index is 2.10. The summed E-state index contributed by atoms with van der Waals surface area (Å²) in [6.07, 6.45) is 2.20. The molecule has 0 spiro atoms. The Morgan fingerprint density at radius 2 is 1.90 bits per heavy atom. The number of primary sulfonamides is 1. The minimum absolute atomic E-state index is 0.320. The first-order valence-electron chi connectivity index (χ1n) is 6.82. The van der Waals surface area contributed by atoms with Crippen molar-refractivity contribution in [2.45, 2.75) is 44.2 Å². The molecule has 0 radical (unpaired) electrons. The first-order chi connectivity index (χ1) is 9.29. The summed E-state index contributed by atoms with van der Waals surface area (Å²) >= 11 is 1.50. The summed E-state index contributed by atoms with van der Waals surface area (Å²) in [7, 11) is -1.52. The Hall–Kier alpha value is -0.470. The van der Waals surface area contributed by atoms with E-state index in [1.54, 1.807) is 0 Å². The summed E-state index contributed by atoms with van der Waals surface area (Å²) in [5.41, 5.74) is 0.842. The van der Waals surface area contributed by atoms with Crippen LogP contribution in [0.3, 0.4) is 0 Å². The van der Waals surface area contributed by atoms with Gasteiger partial charge in [-0.25, -0.2) is 13.6 Å². The van der Waals surface area contributed by atoms with Gasteiger partial charge in [0.25, 0.3) is 0 Å². The van der Waals surface area contributed by atoms with Crippen molar-refractivity contribution in [1.29, 1.82) is 0 Å². The van der Waals surface area contributed by atoms with Crippen LogP contribution in [0.4, 0.5) is 0 Å². The lowest BCUT2D eigenvalue weighted by Crippen LogP contribution is -2.40. The van der Waals surface area contributed by atoms with E-state index in [4.69, 9.17) is 5.14 Å². The summed E-state index contributed by atoms with van der Waals surface area (Å²) in [6, 6.07) is 0.458. The van der Waals surface area contributed by atoms with Gasteiger partial charge in [-0.05, 0) is 52.4 Å². The van der Waals surface area contributed by atoms with E-state index in [-0.39, 0.29) is 0 Å². The molecule has 0 amide bonds. The second-order valence-corrected chi connectivity index (χ2v) is 8.45. The number of rotatable bonds is 4. The Bertz CT molecular complexity index is 573. The molecule has 7 heteroatoms. The molecule has 5 nitrogen and oxygen atoms in total. The van der Waals surface area contributed by atoms with Crippen LogP contribution >= 0.6 is 11.3 Å². The van der Waals surface area contributed by atoms with Gasteiger partial charge < -0.3 is 10.2 Å². The van der Waals surface area contributed by atoms with Gasteiger partial charge in [0.1, 0.15) is 4.90 Å². The highest BCUT2D eigenvalue weighted by molar-refractivity contribution is 7.89. The minimum atomic E-state index is -3.64. The molecule has 1 aromatic heterocycles. The van der Waals surface area contributed by atoms with Crippen LogP contribution in [0.15, 0.2) is 4.90 Å². The van der Waals surface area contributed by atoms with Crippen molar-refractivity contribution in [3.63, 3.8) is 0 Å². The van der Waals surface area contributed by atoms with Gasteiger partial charge in [-0.2, -0.15) is 0 Å². The van der Waals surface area contributed by atoms with E-state index in [1.807, 2.05) is 13.8 Å². The number of nitrogens with one attached hydrogen (secondary N) is 1. The predicted molar refractivity (Wildman–Crippen MR) is 82.5 cm³/mol. The zero-order chi connectivity index (χ0) is 14.9. The quantitative estimate of drug-likeness (QED) is 0.875. The molecule has 2 rings (SSSR count). The molecule has 1 aromatic rings. The molecule has 114 valence electrons. The van der Waals surface area contributed by atoms with E-state index in [2.05, 4.69) is 17.3 Å². The Morgan fingerprint density at radius 1 is 1.30 bits per heavy atom. The number of hydrogen-bond acceptors (Lipinski definition) is 5. The first-order valence-corrected chi connectivity index (χ1v) is 9.19. The van der Waals surface area contributed by atoms with Crippen LogP contribution in [0.5, 0.6) is 0 Å². The third-order valence-electron chi connectivity index (χ3n) is 3.90.